The van der Waals surface area contributed by atoms with Crippen molar-refractivity contribution in [3.05, 3.63) is 29.3 Å². The minimum atomic E-state index is -0.533. The highest BCUT2D eigenvalue weighted by Crippen LogP contribution is 2.66. The van der Waals surface area contributed by atoms with Crippen molar-refractivity contribution in [1.29, 1.82) is 0 Å². The molecule has 5 rings (SSSR count). The third kappa shape index (κ3) is 1.85. The van der Waals surface area contributed by atoms with Crippen molar-refractivity contribution >= 4 is 5.78 Å². The highest BCUT2D eigenvalue weighted by atomic mass is 16.7. The number of rotatable bonds is 1. The standard InChI is InChI=1S/C22H28O4/c1-20-13-19(23)21(2)16-7-5-15(24-3)12-14(16)4-6-18(21)17(20)8-9-22(20)25-10-11-26-22/h5,7,12,17-18H,4,6,8-11,13H2,1-3H3/t17-,18-,20-,21+/m0/s1. The lowest BCUT2D eigenvalue weighted by atomic mass is 9.48. The average molecular weight is 356 g/mol. The maximum atomic E-state index is 13.6. The molecule has 0 bridgehead atoms. The third-order valence-electron chi connectivity index (χ3n) is 8.16. The van der Waals surface area contributed by atoms with Crippen molar-refractivity contribution in [3.63, 3.8) is 0 Å². The van der Waals surface area contributed by atoms with E-state index >= 15 is 0 Å². The second-order valence-electron chi connectivity index (χ2n) is 8.98. The van der Waals surface area contributed by atoms with Crippen LogP contribution in [-0.2, 0) is 26.1 Å². The fourth-order valence-electron chi connectivity index (χ4n) is 6.76. The molecule has 3 fully saturated rings. The van der Waals surface area contributed by atoms with E-state index in [1.807, 2.05) is 6.07 Å². The Bertz CT molecular complexity index is 765. The summed E-state index contributed by atoms with van der Waals surface area (Å²) in [6.07, 6.45) is 4.63. The molecule has 2 saturated carbocycles. The second-order valence-corrected chi connectivity index (χ2v) is 8.98. The largest absolute Gasteiger partial charge is 0.497 e. The summed E-state index contributed by atoms with van der Waals surface area (Å²) in [5, 5.41) is 0. The Kier molecular flexibility index (Phi) is 3.43. The molecule has 26 heavy (non-hydrogen) atoms. The Balaban J connectivity index is 1.60. The van der Waals surface area contributed by atoms with Crippen LogP contribution < -0.4 is 4.74 Å². The zero-order chi connectivity index (χ0) is 18.2. The summed E-state index contributed by atoms with van der Waals surface area (Å²) in [5.74, 6) is 1.54. The van der Waals surface area contributed by atoms with Crippen LogP contribution in [0.15, 0.2) is 18.2 Å². The number of carbonyl (C=O) groups excluding carboxylic acids is 1. The fourth-order valence-corrected chi connectivity index (χ4v) is 6.76. The van der Waals surface area contributed by atoms with Crippen LogP contribution in [0, 0.1) is 17.3 Å². The van der Waals surface area contributed by atoms with Crippen molar-refractivity contribution in [2.45, 2.75) is 57.2 Å². The van der Waals surface area contributed by atoms with Gasteiger partial charge in [-0.05, 0) is 61.3 Å². The monoisotopic (exact) mass is 356 g/mol. The van der Waals surface area contributed by atoms with Crippen LogP contribution in [0.25, 0.3) is 0 Å². The van der Waals surface area contributed by atoms with E-state index in [4.69, 9.17) is 14.2 Å². The van der Waals surface area contributed by atoms with Crippen molar-refractivity contribution in [1.82, 2.24) is 0 Å². The van der Waals surface area contributed by atoms with Crippen LogP contribution in [0.3, 0.4) is 0 Å². The highest BCUT2D eigenvalue weighted by molar-refractivity contribution is 5.92. The number of Topliss-reactive ketones (excluding diaryl/α,β-unsaturated/α-hetero) is 1. The molecule has 1 saturated heterocycles. The first-order chi connectivity index (χ1) is 12.4. The van der Waals surface area contributed by atoms with E-state index in [0.29, 0.717) is 37.3 Å². The quantitative estimate of drug-likeness (QED) is 0.770. The topological polar surface area (TPSA) is 44.8 Å². The molecule has 0 amide bonds. The smallest absolute Gasteiger partial charge is 0.174 e. The summed E-state index contributed by atoms with van der Waals surface area (Å²) in [6.45, 7) is 5.74. The van der Waals surface area contributed by atoms with Gasteiger partial charge in [0.25, 0.3) is 0 Å². The van der Waals surface area contributed by atoms with Crippen LogP contribution >= 0.6 is 0 Å². The van der Waals surface area contributed by atoms with Gasteiger partial charge in [-0.1, -0.05) is 13.0 Å². The molecular formula is C22H28O4. The van der Waals surface area contributed by atoms with Gasteiger partial charge in [-0.15, -0.1) is 0 Å². The van der Waals surface area contributed by atoms with Crippen molar-refractivity contribution in [2.24, 2.45) is 17.3 Å². The summed E-state index contributed by atoms with van der Waals surface area (Å²) in [7, 11) is 1.70. The lowest BCUT2D eigenvalue weighted by Gasteiger charge is -2.56. The van der Waals surface area contributed by atoms with Gasteiger partial charge in [-0.2, -0.15) is 0 Å². The molecule has 0 radical (unpaired) electrons. The van der Waals surface area contributed by atoms with Crippen LogP contribution in [0.1, 0.15) is 50.7 Å². The van der Waals surface area contributed by atoms with Gasteiger partial charge in [0.15, 0.2) is 5.79 Å². The number of hydrogen-bond acceptors (Lipinski definition) is 4. The van der Waals surface area contributed by atoms with Crippen molar-refractivity contribution < 1.29 is 19.0 Å². The summed E-state index contributed by atoms with van der Waals surface area (Å²) in [4.78, 5) is 13.6. The molecule has 1 spiro atoms. The predicted octanol–water partition coefficient (Wildman–Crippen LogP) is 3.65. The maximum Gasteiger partial charge on any atom is 0.174 e. The molecule has 4 nitrogen and oxygen atoms in total. The second kappa shape index (κ2) is 5.32. The van der Waals surface area contributed by atoms with Gasteiger partial charge in [-0.3, -0.25) is 4.79 Å². The summed E-state index contributed by atoms with van der Waals surface area (Å²) in [6, 6.07) is 6.26. The molecule has 0 aromatic heterocycles. The number of methoxy groups -OCH3 is 1. The zero-order valence-corrected chi connectivity index (χ0v) is 16.0. The Labute approximate surface area is 155 Å². The molecule has 4 aliphatic rings. The van der Waals surface area contributed by atoms with Gasteiger partial charge < -0.3 is 14.2 Å². The number of ketones is 1. The molecular weight excluding hydrogens is 328 g/mol. The Hall–Kier alpha value is -1.39. The maximum absolute atomic E-state index is 13.6. The van der Waals surface area contributed by atoms with Gasteiger partial charge in [0.1, 0.15) is 11.5 Å². The normalized spacial score (nSPS) is 40.2. The number of fused-ring (bicyclic) bond motifs is 6. The van der Waals surface area contributed by atoms with E-state index in [2.05, 4.69) is 26.0 Å². The van der Waals surface area contributed by atoms with Crippen LogP contribution in [0.5, 0.6) is 5.75 Å². The molecule has 3 aliphatic carbocycles. The zero-order valence-electron chi connectivity index (χ0n) is 16.0. The Morgan fingerprint density at radius 3 is 2.62 bits per heavy atom. The van der Waals surface area contributed by atoms with Gasteiger partial charge >= 0.3 is 0 Å². The van der Waals surface area contributed by atoms with E-state index in [9.17, 15) is 4.79 Å². The number of aryl methyl sites for hydroxylation is 1. The Morgan fingerprint density at radius 1 is 1.12 bits per heavy atom. The van der Waals surface area contributed by atoms with E-state index in [0.717, 1.165) is 31.4 Å². The predicted molar refractivity (Wildman–Crippen MR) is 97.2 cm³/mol. The molecule has 1 heterocycles. The molecule has 4 heteroatoms. The number of carbonyl (C=O) groups is 1. The number of hydrogen-bond donors (Lipinski definition) is 0. The number of ether oxygens (including phenoxy) is 3. The van der Waals surface area contributed by atoms with Gasteiger partial charge in [-0.25, -0.2) is 0 Å². The lowest BCUT2D eigenvalue weighted by Crippen LogP contribution is -2.60. The highest BCUT2D eigenvalue weighted by Gasteiger charge is 2.69. The van der Waals surface area contributed by atoms with Crippen LogP contribution in [0.2, 0.25) is 0 Å². The molecule has 1 aliphatic heterocycles. The lowest BCUT2D eigenvalue weighted by molar-refractivity contribution is -0.237. The third-order valence-corrected chi connectivity index (χ3v) is 8.16. The van der Waals surface area contributed by atoms with E-state index < -0.39 is 11.2 Å². The summed E-state index contributed by atoms with van der Waals surface area (Å²) >= 11 is 0. The first-order valence-electron chi connectivity index (χ1n) is 9.93. The van der Waals surface area contributed by atoms with Crippen LogP contribution in [-0.4, -0.2) is 31.9 Å². The number of benzene rings is 1. The van der Waals surface area contributed by atoms with E-state index in [1.165, 1.54) is 11.1 Å². The SMILES string of the molecule is COc1ccc2c(c1)CC[C@H]1[C@@H]3CCC4(OCCO4)[C@@]3(C)CC(=O)[C@]21C. The average Bonchev–Trinajstić information content (AvgIpc) is 3.22. The molecule has 140 valence electrons. The van der Waals surface area contributed by atoms with Gasteiger partial charge in [0.2, 0.25) is 0 Å². The molecule has 1 aromatic carbocycles. The van der Waals surface area contributed by atoms with Crippen LogP contribution in [0.4, 0.5) is 0 Å². The fraction of sp³-hybridized carbons (Fsp3) is 0.682. The first kappa shape index (κ1) is 16.8. The summed E-state index contributed by atoms with van der Waals surface area (Å²) in [5.41, 5.74) is 1.90. The van der Waals surface area contributed by atoms with Crippen molar-refractivity contribution in [2.75, 3.05) is 20.3 Å². The van der Waals surface area contributed by atoms with Crippen molar-refractivity contribution in [3.8, 4) is 5.75 Å². The molecule has 4 atom stereocenters. The van der Waals surface area contributed by atoms with Gasteiger partial charge in [0, 0.05) is 18.3 Å². The van der Waals surface area contributed by atoms with Gasteiger partial charge in [0.05, 0.1) is 25.7 Å². The van der Waals surface area contributed by atoms with E-state index in [1.54, 1.807) is 7.11 Å². The Morgan fingerprint density at radius 2 is 1.88 bits per heavy atom. The first-order valence-corrected chi connectivity index (χ1v) is 9.93. The molecule has 1 aromatic rings. The summed E-state index contributed by atoms with van der Waals surface area (Å²) < 4.78 is 17.7. The molecule has 0 unspecified atom stereocenters. The molecule has 0 N–H and O–H groups in total. The minimum Gasteiger partial charge on any atom is -0.497 e. The minimum absolute atomic E-state index is 0.200. The van der Waals surface area contributed by atoms with E-state index in [-0.39, 0.29) is 5.41 Å².